The van der Waals surface area contributed by atoms with Gasteiger partial charge >= 0.3 is 0 Å². The summed E-state index contributed by atoms with van der Waals surface area (Å²) in [5.74, 6) is 2.11. The lowest BCUT2D eigenvalue weighted by Gasteiger charge is -2.09. The Morgan fingerprint density at radius 1 is 1.36 bits per heavy atom. The molecule has 76 valence electrons. The van der Waals surface area contributed by atoms with Crippen molar-refractivity contribution in [2.24, 2.45) is 5.73 Å². The molecule has 3 nitrogen and oxygen atoms in total. The van der Waals surface area contributed by atoms with Crippen LogP contribution in [-0.4, -0.2) is 16.1 Å². The molecule has 0 amide bonds. The van der Waals surface area contributed by atoms with Gasteiger partial charge in [0, 0.05) is 30.3 Å². The fraction of sp³-hybridized carbons (Fsp3) is 0.727. The Morgan fingerprint density at radius 2 is 2.14 bits per heavy atom. The summed E-state index contributed by atoms with van der Waals surface area (Å²) in [5.41, 5.74) is 6.97. The first-order chi connectivity index (χ1) is 6.90. The second-order valence-corrected chi connectivity index (χ2v) is 4.52. The SMILES string of the molecule is NCCc1cnc(C2CC2)n1C1CC1. The van der Waals surface area contributed by atoms with Crippen LogP contribution in [0.25, 0.3) is 0 Å². The molecule has 0 spiro atoms. The third-order valence-corrected chi connectivity index (χ3v) is 3.16. The molecule has 1 heterocycles. The molecule has 0 bridgehead atoms. The molecular formula is C11H17N3. The first-order valence-electron chi connectivity index (χ1n) is 5.66. The van der Waals surface area contributed by atoms with E-state index >= 15 is 0 Å². The van der Waals surface area contributed by atoms with Crippen LogP contribution in [0.5, 0.6) is 0 Å². The fourth-order valence-electron chi connectivity index (χ4n) is 2.14. The number of imidazole rings is 1. The minimum Gasteiger partial charge on any atom is -0.330 e. The van der Waals surface area contributed by atoms with Crippen molar-refractivity contribution in [1.82, 2.24) is 9.55 Å². The van der Waals surface area contributed by atoms with Gasteiger partial charge in [0.2, 0.25) is 0 Å². The third-order valence-electron chi connectivity index (χ3n) is 3.16. The van der Waals surface area contributed by atoms with Crippen molar-refractivity contribution in [3.63, 3.8) is 0 Å². The van der Waals surface area contributed by atoms with E-state index in [1.807, 2.05) is 6.20 Å². The number of nitrogens with two attached hydrogens (primary N) is 1. The van der Waals surface area contributed by atoms with Crippen LogP contribution >= 0.6 is 0 Å². The van der Waals surface area contributed by atoms with Crippen LogP contribution in [0.3, 0.4) is 0 Å². The number of aromatic nitrogens is 2. The lowest BCUT2D eigenvalue weighted by Crippen LogP contribution is -2.10. The summed E-state index contributed by atoms with van der Waals surface area (Å²) in [4.78, 5) is 4.57. The molecule has 3 heteroatoms. The lowest BCUT2D eigenvalue weighted by atomic mass is 10.3. The topological polar surface area (TPSA) is 43.8 Å². The Balaban J connectivity index is 1.94. The first-order valence-corrected chi connectivity index (χ1v) is 5.66. The summed E-state index contributed by atoms with van der Waals surface area (Å²) < 4.78 is 2.48. The van der Waals surface area contributed by atoms with Gasteiger partial charge < -0.3 is 10.3 Å². The van der Waals surface area contributed by atoms with E-state index in [4.69, 9.17) is 5.73 Å². The van der Waals surface area contributed by atoms with Crippen molar-refractivity contribution >= 4 is 0 Å². The molecule has 2 aliphatic carbocycles. The van der Waals surface area contributed by atoms with Crippen molar-refractivity contribution in [2.45, 2.75) is 44.1 Å². The standard InChI is InChI=1S/C11H17N3/c12-6-5-10-7-13-11(8-1-2-8)14(10)9-3-4-9/h7-9H,1-6,12H2. The van der Waals surface area contributed by atoms with Crippen molar-refractivity contribution in [1.29, 1.82) is 0 Å². The van der Waals surface area contributed by atoms with Gasteiger partial charge in [0.15, 0.2) is 0 Å². The molecule has 3 rings (SSSR count). The Bertz CT molecular complexity index is 334. The van der Waals surface area contributed by atoms with Crippen molar-refractivity contribution in [3.8, 4) is 0 Å². The zero-order chi connectivity index (χ0) is 9.54. The average molecular weight is 191 g/mol. The predicted octanol–water partition coefficient (Wildman–Crippen LogP) is 1.60. The Kier molecular flexibility index (Phi) is 1.87. The Morgan fingerprint density at radius 3 is 2.71 bits per heavy atom. The average Bonchev–Trinajstić information content (AvgIpc) is 3.07. The van der Waals surface area contributed by atoms with Crippen molar-refractivity contribution in [3.05, 3.63) is 17.7 Å². The van der Waals surface area contributed by atoms with Gasteiger partial charge in [-0.25, -0.2) is 4.98 Å². The molecular weight excluding hydrogens is 174 g/mol. The Hall–Kier alpha value is -0.830. The van der Waals surface area contributed by atoms with Gasteiger partial charge in [-0.3, -0.25) is 0 Å². The molecule has 2 N–H and O–H groups in total. The van der Waals surface area contributed by atoms with E-state index in [0.717, 1.165) is 24.9 Å². The molecule has 0 atom stereocenters. The van der Waals surface area contributed by atoms with E-state index in [0.29, 0.717) is 0 Å². The molecule has 0 aromatic carbocycles. The monoisotopic (exact) mass is 191 g/mol. The summed E-state index contributed by atoms with van der Waals surface area (Å²) in [6.45, 7) is 0.739. The minimum absolute atomic E-state index is 0.739. The minimum atomic E-state index is 0.739. The normalized spacial score (nSPS) is 21.5. The van der Waals surface area contributed by atoms with E-state index in [-0.39, 0.29) is 0 Å². The zero-order valence-electron chi connectivity index (χ0n) is 8.45. The van der Waals surface area contributed by atoms with E-state index in [9.17, 15) is 0 Å². The highest BCUT2D eigenvalue weighted by atomic mass is 15.1. The first kappa shape index (κ1) is 8.48. The fourth-order valence-corrected chi connectivity index (χ4v) is 2.14. The number of rotatable bonds is 4. The zero-order valence-corrected chi connectivity index (χ0v) is 8.45. The van der Waals surface area contributed by atoms with Crippen LogP contribution in [0.2, 0.25) is 0 Å². The van der Waals surface area contributed by atoms with Crippen LogP contribution in [0.15, 0.2) is 6.20 Å². The van der Waals surface area contributed by atoms with E-state index in [1.54, 1.807) is 0 Å². The number of hydrogen-bond acceptors (Lipinski definition) is 2. The number of hydrogen-bond donors (Lipinski definition) is 1. The Labute approximate surface area is 84.3 Å². The van der Waals surface area contributed by atoms with Gasteiger partial charge in [-0.1, -0.05) is 0 Å². The smallest absolute Gasteiger partial charge is 0.112 e. The van der Waals surface area contributed by atoms with Crippen LogP contribution in [0.1, 0.15) is 49.2 Å². The van der Waals surface area contributed by atoms with E-state index in [1.165, 1.54) is 37.2 Å². The summed E-state index contributed by atoms with van der Waals surface area (Å²) >= 11 is 0. The largest absolute Gasteiger partial charge is 0.330 e. The van der Waals surface area contributed by atoms with E-state index < -0.39 is 0 Å². The maximum absolute atomic E-state index is 5.61. The molecule has 2 fully saturated rings. The quantitative estimate of drug-likeness (QED) is 0.785. The second kappa shape index (κ2) is 3.09. The van der Waals surface area contributed by atoms with Gasteiger partial charge in [0.25, 0.3) is 0 Å². The molecule has 1 aromatic rings. The molecule has 14 heavy (non-hydrogen) atoms. The lowest BCUT2D eigenvalue weighted by molar-refractivity contribution is 0.646. The predicted molar refractivity (Wildman–Crippen MR) is 55.2 cm³/mol. The summed E-state index contributed by atoms with van der Waals surface area (Å²) in [7, 11) is 0. The second-order valence-electron chi connectivity index (χ2n) is 4.52. The van der Waals surface area contributed by atoms with E-state index in [2.05, 4.69) is 9.55 Å². The molecule has 0 saturated heterocycles. The van der Waals surface area contributed by atoms with Gasteiger partial charge in [0.05, 0.1) is 0 Å². The van der Waals surface area contributed by atoms with Gasteiger partial charge in [-0.2, -0.15) is 0 Å². The molecule has 2 saturated carbocycles. The molecule has 1 aromatic heterocycles. The van der Waals surface area contributed by atoms with Crippen LogP contribution in [0, 0.1) is 0 Å². The maximum Gasteiger partial charge on any atom is 0.112 e. The van der Waals surface area contributed by atoms with Crippen LogP contribution in [0.4, 0.5) is 0 Å². The van der Waals surface area contributed by atoms with Crippen molar-refractivity contribution < 1.29 is 0 Å². The maximum atomic E-state index is 5.61. The third kappa shape index (κ3) is 1.36. The summed E-state index contributed by atoms with van der Waals surface area (Å²) in [5, 5.41) is 0. The summed E-state index contributed by atoms with van der Waals surface area (Å²) in [6.07, 6.45) is 8.38. The van der Waals surface area contributed by atoms with Crippen LogP contribution in [-0.2, 0) is 6.42 Å². The van der Waals surface area contributed by atoms with Crippen molar-refractivity contribution in [2.75, 3.05) is 6.54 Å². The molecule has 0 unspecified atom stereocenters. The molecule has 0 radical (unpaired) electrons. The van der Waals surface area contributed by atoms with Gasteiger partial charge in [0.1, 0.15) is 5.82 Å². The highest BCUT2D eigenvalue weighted by molar-refractivity contribution is 5.17. The highest BCUT2D eigenvalue weighted by Crippen LogP contribution is 2.45. The van der Waals surface area contributed by atoms with Gasteiger partial charge in [-0.15, -0.1) is 0 Å². The highest BCUT2D eigenvalue weighted by Gasteiger charge is 2.34. The molecule has 0 aliphatic heterocycles. The number of nitrogens with zero attached hydrogens (tertiary/aromatic N) is 2. The van der Waals surface area contributed by atoms with Crippen LogP contribution < -0.4 is 5.73 Å². The van der Waals surface area contributed by atoms with Gasteiger partial charge in [-0.05, 0) is 32.2 Å². The summed E-state index contributed by atoms with van der Waals surface area (Å²) in [6, 6.07) is 0.759. The molecule has 2 aliphatic rings.